The second-order valence-corrected chi connectivity index (χ2v) is 7.45. The van der Waals surface area contributed by atoms with Gasteiger partial charge < -0.3 is 15.5 Å². The summed E-state index contributed by atoms with van der Waals surface area (Å²) in [4.78, 5) is 12.5. The van der Waals surface area contributed by atoms with E-state index < -0.39 is 0 Å². The molecule has 0 aliphatic rings. The van der Waals surface area contributed by atoms with Crippen molar-refractivity contribution in [1.29, 1.82) is 0 Å². The molecule has 23 heavy (non-hydrogen) atoms. The Balaban J connectivity index is 2.55. The van der Waals surface area contributed by atoms with Gasteiger partial charge in [0, 0.05) is 24.5 Å². The van der Waals surface area contributed by atoms with Gasteiger partial charge >= 0.3 is 0 Å². The summed E-state index contributed by atoms with van der Waals surface area (Å²) in [5.41, 5.74) is 1.12. The number of rotatable bonds is 8. The summed E-state index contributed by atoms with van der Waals surface area (Å²) in [5, 5.41) is 7.93. The van der Waals surface area contributed by atoms with E-state index in [0.717, 1.165) is 29.8 Å². The molecule has 2 N–H and O–H groups in total. The summed E-state index contributed by atoms with van der Waals surface area (Å²) in [5.74, 6) is 1.54. The van der Waals surface area contributed by atoms with E-state index in [0.29, 0.717) is 12.0 Å². The van der Waals surface area contributed by atoms with Crippen LogP contribution in [0.5, 0.6) is 0 Å². The van der Waals surface area contributed by atoms with Crippen molar-refractivity contribution in [3.8, 4) is 0 Å². The molecular formula is C17H33N5S. The normalized spacial score (nSPS) is 13.7. The Morgan fingerprint density at radius 2 is 1.87 bits per heavy atom. The Kier molecular flexibility index (Phi) is 8.55. The first-order valence-electron chi connectivity index (χ1n) is 8.46. The van der Waals surface area contributed by atoms with Gasteiger partial charge in [0.15, 0.2) is 5.96 Å². The summed E-state index contributed by atoms with van der Waals surface area (Å²) in [6.45, 7) is 10.3. The zero-order valence-corrected chi connectivity index (χ0v) is 16.5. The summed E-state index contributed by atoms with van der Waals surface area (Å²) >= 11 is 1.74. The van der Waals surface area contributed by atoms with E-state index >= 15 is 0 Å². The Hall–Kier alpha value is -1.14. The first-order valence-corrected chi connectivity index (χ1v) is 9.28. The van der Waals surface area contributed by atoms with E-state index in [9.17, 15) is 0 Å². The number of likely N-dealkylation sites (N-methyl/N-ethyl adjacent to an activating group) is 1. The van der Waals surface area contributed by atoms with Gasteiger partial charge in [0.05, 0.1) is 12.2 Å². The average Bonchev–Trinajstić information content (AvgIpc) is 2.84. The van der Waals surface area contributed by atoms with Crippen LogP contribution in [0.25, 0.3) is 0 Å². The van der Waals surface area contributed by atoms with Gasteiger partial charge in [0.25, 0.3) is 0 Å². The number of aliphatic imine (C=N–C) groups is 1. The van der Waals surface area contributed by atoms with Gasteiger partial charge in [-0.3, -0.25) is 4.99 Å². The number of hydrogen-bond donors (Lipinski definition) is 2. The van der Waals surface area contributed by atoms with Gasteiger partial charge in [0.1, 0.15) is 5.01 Å². The van der Waals surface area contributed by atoms with Gasteiger partial charge in [0.2, 0.25) is 0 Å². The number of guanidine groups is 1. The molecule has 1 heterocycles. The lowest BCUT2D eigenvalue weighted by Gasteiger charge is -2.32. The van der Waals surface area contributed by atoms with E-state index in [2.05, 4.69) is 67.3 Å². The molecule has 0 saturated heterocycles. The van der Waals surface area contributed by atoms with Crippen LogP contribution in [-0.2, 0) is 6.54 Å². The van der Waals surface area contributed by atoms with Crippen molar-refractivity contribution in [2.24, 2.45) is 10.9 Å². The molecule has 1 aromatic heterocycles. The van der Waals surface area contributed by atoms with Gasteiger partial charge in [-0.25, -0.2) is 4.98 Å². The SMILES string of the molecule is CCC(CC)C(CNC(=NC)NCc1nc(C)c(C)s1)N(C)C. The number of nitrogens with zero attached hydrogens (tertiary/aromatic N) is 3. The highest BCUT2D eigenvalue weighted by atomic mass is 32.1. The third-order valence-electron chi connectivity index (χ3n) is 4.44. The molecule has 0 bridgehead atoms. The van der Waals surface area contributed by atoms with Crippen LogP contribution in [0.3, 0.4) is 0 Å². The van der Waals surface area contributed by atoms with Crippen LogP contribution in [-0.4, -0.2) is 49.6 Å². The predicted octanol–water partition coefficient (Wildman–Crippen LogP) is 2.79. The summed E-state index contributed by atoms with van der Waals surface area (Å²) in [6.07, 6.45) is 2.40. The topological polar surface area (TPSA) is 52.6 Å². The van der Waals surface area contributed by atoms with Crippen molar-refractivity contribution in [1.82, 2.24) is 20.5 Å². The zero-order chi connectivity index (χ0) is 17.4. The van der Waals surface area contributed by atoms with Gasteiger partial charge in [-0.05, 0) is 33.9 Å². The highest BCUT2D eigenvalue weighted by Crippen LogP contribution is 2.17. The Bertz CT molecular complexity index is 472. The second kappa shape index (κ2) is 9.88. The van der Waals surface area contributed by atoms with Crippen LogP contribution in [0.4, 0.5) is 0 Å². The molecule has 0 spiro atoms. The Morgan fingerprint density at radius 1 is 1.22 bits per heavy atom. The average molecular weight is 340 g/mol. The van der Waals surface area contributed by atoms with Crippen LogP contribution >= 0.6 is 11.3 Å². The molecule has 0 aliphatic carbocycles. The van der Waals surface area contributed by atoms with E-state index in [4.69, 9.17) is 0 Å². The number of aromatic nitrogens is 1. The van der Waals surface area contributed by atoms with Crippen LogP contribution < -0.4 is 10.6 Å². The maximum atomic E-state index is 4.56. The van der Waals surface area contributed by atoms with Crippen molar-refractivity contribution in [3.63, 3.8) is 0 Å². The first-order chi connectivity index (χ1) is 10.9. The predicted molar refractivity (Wildman–Crippen MR) is 101 cm³/mol. The quantitative estimate of drug-likeness (QED) is 0.565. The number of hydrogen-bond acceptors (Lipinski definition) is 4. The summed E-state index contributed by atoms with van der Waals surface area (Å²) in [6, 6.07) is 0.507. The smallest absolute Gasteiger partial charge is 0.191 e. The number of nitrogens with one attached hydrogen (secondary N) is 2. The van der Waals surface area contributed by atoms with Crippen LogP contribution in [0.15, 0.2) is 4.99 Å². The Labute approximate surface area is 145 Å². The monoisotopic (exact) mass is 339 g/mol. The lowest BCUT2D eigenvalue weighted by Crippen LogP contribution is -2.47. The zero-order valence-electron chi connectivity index (χ0n) is 15.7. The largest absolute Gasteiger partial charge is 0.355 e. The molecule has 0 fully saturated rings. The molecule has 1 rings (SSSR count). The molecule has 0 aromatic carbocycles. The van der Waals surface area contributed by atoms with Gasteiger partial charge in [-0.2, -0.15) is 0 Å². The molecule has 1 unspecified atom stereocenters. The van der Waals surface area contributed by atoms with Crippen molar-refractivity contribution >= 4 is 17.3 Å². The fraction of sp³-hybridized carbons (Fsp3) is 0.765. The van der Waals surface area contributed by atoms with Gasteiger partial charge in [-0.1, -0.05) is 26.7 Å². The fourth-order valence-electron chi connectivity index (χ4n) is 2.80. The van der Waals surface area contributed by atoms with E-state index in [1.54, 1.807) is 11.3 Å². The third kappa shape index (κ3) is 6.11. The van der Waals surface area contributed by atoms with Crippen molar-refractivity contribution in [2.45, 2.75) is 53.1 Å². The van der Waals surface area contributed by atoms with Crippen molar-refractivity contribution in [3.05, 3.63) is 15.6 Å². The molecule has 1 atom stereocenters. The molecule has 0 saturated carbocycles. The first kappa shape index (κ1) is 19.9. The van der Waals surface area contributed by atoms with E-state index in [-0.39, 0.29) is 0 Å². The number of aryl methyl sites for hydroxylation is 2. The molecule has 6 heteroatoms. The lowest BCUT2D eigenvalue weighted by molar-refractivity contribution is 0.200. The molecule has 0 aliphatic heterocycles. The molecule has 132 valence electrons. The highest BCUT2D eigenvalue weighted by Gasteiger charge is 2.20. The minimum Gasteiger partial charge on any atom is -0.355 e. The molecule has 1 aromatic rings. The maximum absolute atomic E-state index is 4.56. The molecular weight excluding hydrogens is 306 g/mol. The molecule has 5 nitrogen and oxygen atoms in total. The van der Waals surface area contributed by atoms with Crippen molar-refractivity contribution in [2.75, 3.05) is 27.7 Å². The Morgan fingerprint density at radius 3 is 2.30 bits per heavy atom. The van der Waals surface area contributed by atoms with Crippen LogP contribution in [0.2, 0.25) is 0 Å². The third-order valence-corrected chi connectivity index (χ3v) is 5.51. The molecule has 0 amide bonds. The fourth-order valence-corrected chi connectivity index (χ4v) is 3.67. The minimum absolute atomic E-state index is 0.507. The van der Waals surface area contributed by atoms with Crippen LogP contribution in [0, 0.1) is 19.8 Å². The highest BCUT2D eigenvalue weighted by molar-refractivity contribution is 7.11. The standard InChI is InChI=1S/C17H33N5S/c1-8-14(9-2)15(22(6)7)10-19-17(18-5)20-11-16-21-12(3)13(4)23-16/h14-15H,8-11H2,1-7H3,(H2,18,19,20). The molecule has 0 radical (unpaired) electrons. The van der Waals surface area contributed by atoms with Crippen molar-refractivity contribution < 1.29 is 0 Å². The van der Waals surface area contributed by atoms with E-state index in [1.165, 1.54) is 17.7 Å². The maximum Gasteiger partial charge on any atom is 0.191 e. The van der Waals surface area contributed by atoms with Gasteiger partial charge in [-0.15, -0.1) is 11.3 Å². The lowest BCUT2D eigenvalue weighted by atomic mass is 9.93. The summed E-state index contributed by atoms with van der Waals surface area (Å²) < 4.78 is 0. The second-order valence-electron chi connectivity index (χ2n) is 6.16. The number of thiazole rings is 1. The summed E-state index contributed by atoms with van der Waals surface area (Å²) in [7, 11) is 6.12. The van der Waals surface area contributed by atoms with E-state index in [1.807, 2.05) is 7.05 Å². The minimum atomic E-state index is 0.507. The van der Waals surface area contributed by atoms with Crippen LogP contribution in [0.1, 0.15) is 42.3 Å².